The summed E-state index contributed by atoms with van der Waals surface area (Å²) in [5.41, 5.74) is 0. The first-order chi connectivity index (χ1) is 11.6. The van der Waals surface area contributed by atoms with Gasteiger partial charge in [0.05, 0.1) is 21.2 Å². The fourth-order valence-electron chi connectivity index (χ4n) is 3.14. The van der Waals surface area contributed by atoms with E-state index in [2.05, 4.69) is 23.5 Å². The molecule has 25 heavy (non-hydrogen) atoms. The van der Waals surface area contributed by atoms with Crippen LogP contribution in [0.2, 0.25) is 15.1 Å². The zero-order valence-electron chi connectivity index (χ0n) is 14.2. The SMILES string of the molecule is C[C@@H]1CCC[C@H](C)N1CC(O)CNS(=O)(=O)c1ccc(Cl)c(Cl)c1Cl. The summed E-state index contributed by atoms with van der Waals surface area (Å²) >= 11 is 17.7. The molecule has 0 amide bonds. The number of hydrogen-bond donors (Lipinski definition) is 2. The van der Waals surface area contributed by atoms with E-state index < -0.39 is 16.1 Å². The smallest absolute Gasteiger partial charge is 0.242 e. The molecule has 3 atom stereocenters. The second kappa shape index (κ2) is 8.74. The van der Waals surface area contributed by atoms with Gasteiger partial charge in [-0.25, -0.2) is 13.1 Å². The van der Waals surface area contributed by atoms with Crippen LogP contribution in [0.3, 0.4) is 0 Å². The van der Waals surface area contributed by atoms with Gasteiger partial charge in [-0.2, -0.15) is 0 Å². The number of hydrogen-bond acceptors (Lipinski definition) is 4. The summed E-state index contributed by atoms with van der Waals surface area (Å²) in [4.78, 5) is 2.06. The van der Waals surface area contributed by atoms with Gasteiger partial charge in [0.25, 0.3) is 0 Å². The van der Waals surface area contributed by atoms with Crippen LogP contribution in [0, 0.1) is 0 Å². The zero-order chi connectivity index (χ0) is 18.8. The number of β-amino-alcohol motifs (C(OH)–C–C–N with tert-alkyl or cyclic N) is 1. The van der Waals surface area contributed by atoms with E-state index in [0.717, 1.165) is 12.8 Å². The second-order valence-corrected chi connectivity index (χ2v) is 9.40. The van der Waals surface area contributed by atoms with E-state index in [1.807, 2.05) is 0 Å². The Bertz CT molecular complexity index is 705. The van der Waals surface area contributed by atoms with Crippen molar-refractivity contribution in [3.8, 4) is 0 Å². The summed E-state index contributed by atoms with van der Waals surface area (Å²) in [5.74, 6) is 0. The number of sulfonamides is 1. The molecule has 0 aromatic heterocycles. The molecule has 2 N–H and O–H groups in total. The van der Waals surface area contributed by atoms with Crippen molar-refractivity contribution in [3.63, 3.8) is 0 Å². The summed E-state index contributed by atoms with van der Waals surface area (Å²) < 4.78 is 27.2. The Morgan fingerprint density at radius 3 is 2.40 bits per heavy atom. The normalized spacial score (nSPS) is 23.6. The molecular formula is C16H23Cl3N2O3S. The van der Waals surface area contributed by atoms with Gasteiger partial charge in [-0.05, 0) is 38.8 Å². The van der Waals surface area contributed by atoms with E-state index in [-0.39, 0.29) is 26.5 Å². The average Bonchev–Trinajstić information content (AvgIpc) is 2.54. The predicted molar refractivity (Wildman–Crippen MR) is 102 cm³/mol. The molecule has 1 unspecified atom stereocenters. The van der Waals surface area contributed by atoms with Gasteiger partial charge in [-0.1, -0.05) is 41.2 Å². The molecule has 0 radical (unpaired) electrons. The molecule has 1 aromatic rings. The van der Waals surface area contributed by atoms with Gasteiger partial charge in [0.1, 0.15) is 4.90 Å². The highest BCUT2D eigenvalue weighted by Gasteiger charge is 2.27. The van der Waals surface area contributed by atoms with Crippen LogP contribution in [0.15, 0.2) is 17.0 Å². The maximum absolute atomic E-state index is 12.4. The van der Waals surface area contributed by atoms with E-state index in [1.165, 1.54) is 18.6 Å². The molecule has 142 valence electrons. The first kappa shape index (κ1) is 21.2. The Labute approximate surface area is 164 Å². The molecule has 1 fully saturated rings. The molecule has 0 spiro atoms. The summed E-state index contributed by atoms with van der Waals surface area (Å²) in [6.07, 6.45) is 2.53. The molecule has 1 aliphatic rings. The Morgan fingerprint density at radius 1 is 1.20 bits per heavy atom. The number of rotatable bonds is 6. The third-order valence-electron chi connectivity index (χ3n) is 4.60. The van der Waals surface area contributed by atoms with Gasteiger partial charge in [-0.15, -0.1) is 0 Å². The number of aliphatic hydroxyl groups excluding tert-OH is 1. The fraction of sp³-hybridized carbons (Fsp3) is 0.625. The highest BCUT2D eigenvalue weighted by Crippen LogP contribution is 2.34. The quantitative estimate of drug-likeness (QED) is 0.679. The van der Waals surface area contributed by atoms with Crippen molar-refractivity contribution in [3.05, 3.63) is 27.2 Å². The van der Waals surface area contributed by atoms with Gasteiger partial charge in [0.2, 0.25) is 10.0 Å². The largest absolute Gasteiger partial charge is 0.390 e. The van der Waals surface area contributed by atoms with Crippen LogP contribution < -0.4 is 4.72 Å². The van der Waals surface area contributed by atoms with E-state index in [4.69, 9.17) is 34.8 Å². The number of halogens is 3. The number of piperidine rings is 1. The molecule has 2 rings (SSSR count). The number of benzene rings is 1. The molecule has 5 nitrogen and oxygen atoms in total. The van der Waals surface area contributed by atoms with Gasteiger partial charge in [0.15, 0.2) is 0 Å². The van der Waals surface area contributed by atoms with Crippen molar-refractivity contribution in [2.75, 3.05) is 13.1 Å². The Hall–Kier alpha value is -0.0800. The molecule has 1 aromatic carbocycles. The third-order valence-corrected chi connectivity index (χ3v) is 7.47. The van der Waals surface area contributed by atoms with Gasteiger partial charge in [0, 0.05) is 25.2 Å². The monoisotopic (exact) mass is 428 g/mol. The average molecular weight is 430 g/mol. The van der Waals surface area contributed by atoms with Gasteiger partial charge < -0.3 is 5.11 Å². The lowest BCUT2D eigenvalue weighted by Gasteiger charge is -2.40. The van der Waals surface area contributed by atoms with Crippen LogP contribution in [-0.2, 0) is 10.0 Å². The maximum Gasteiger partial charge on any atom is 0.242 e. The zero-order valence-corrected chi connectivity index (χ0v) is 17.3. The predicted octanol–water partition coefficient (Wildman–Crippen LogP) is 3.55. The molecule has 1 saturated heterocycles. The first-order valence-electron chi connectivity index (χ1n) is 8.20. The molecule has 9 heteroatoms. The Kier molecular flexibility index (Phi) is 7.42. The maximum atomic E-state index is 12.4. The van der Waals surface area contributed by atoms with Crippen molar-refractivity contribution in [1.29, 1.82) is 0 Å². The molecule has 0 saturated carbocycles. The molecule has 0 bridgehead atoms. The Morgan fingerprint density at radius 2 is 1.80 bits per heavy atom. The van der Waals surface area contributed by atoms with Crippen LogP contribution in [0.5, 0.6) is 0 Å². The first-order valence-corrected chi connectivity index (χ1v) is 10.8. The Balaban J connectivity index is 2.01. The topological polar surface area (TPSA) is 69.6 Å². The lowest BCUT2D eigenvalue weighted by Crippen LogP contribution is -2.49. The van der Waals surface area contributed by atoms with Crippen LogP contribution in [0.4, 0.5) is 0 Å². The lowest BCUT2D eigenvalue weighted by molar-refractivity contribution is 0.0438. The van der Waals surface area contributed by atoms with Crippen molar-refractivity contribution in [1.82, 2.24) is 9.62 Å². The molecule has 0 aliphatic carbocycles. The summed E-state index contributed by atoms with van der Waals surface area (Å²) in [5, 5.41) is 10.3. The number of nitrogens with one attached hydrogen (secondary N) is 1. The van der Waals surface area contributed by atoms with Gasteiger partial charge in [-0.3, -0.25) is 4.90 Å². The molecular weight excluding hydrogens is 407 g/mol. The minimum atomic E-state index is -3.90. The van der Waals surface area contributed by atoms with E-state index in [9.17, 15) is 13.5 Å². The summed E-state index contributed by atoms with van der Waals surface area (Å²) in [6.45, 7) is 4.57. The van der Waals surface area contributed by atoms with E-state index >= 15 is 0 Å². The highest BCUT2D eigenvalue weighted by molar-refractivity contribution is 7.89. The number of nitrogens with zero attached hydrogens (tertiary/aromatic N) is 1. The molecule has 1 aliphatic heterocycles. The van der Waals surface area contributed by atoms with Crippen molar-refractivity contribution in [2.45, 2.75) is 56.2 Å². The van der Waals surface area contributed by atoms with Crippen LogP contribution >= 0.6 is 34.8 Å². The standard InChI is InChI=1S/C16H23Cl3N2O3S/c1-10-4-3-5-11(2)21(10)9-12(22)8-20-25(23,24)14-7-6-13(17)15(18)16(14)19/h6-7,10-12,20,22H,3-5,8-9H2,1-2H3/t10-,11+,12?. The number of likely N-dealkylation sites (tertiary alicyclic amines) is 1. The summed E-state index contributed by atoms with van der Waals surface area (Å²) in [7, 11) is -3.90. The van der Waals surface area contributed by atoms with Crippen LogP contribution in [0.1, 0.15) is 33.1 Å². The fourth-order valence-corrected chi connectivity index (χ4v) is 5.19. The van der Waals surface area contributed by atoms with Crippen LogP contribution in [-0.4, -0.2) is 49.7 Å². The lowest BCUT2D eigenvalue weighted by atomic mass is 9.97. The summed E-state index contributed by atoms with van der Waals surface area (Å²) in [6, 6.07) is 3.41. The van der Waals surface area contributed by atoms with Crippen molar-refractivity contribution in [2.24, 2.45) is 0 Å². The van der Waals surface area contributed by atoms with Crippen molar-refractivity contribution < 1.29 is 13.5 Å². The number of aliphatic hydroxyl groups is 1. The van der Waals surface area contributed by atoms with Gasteiger partial charge >= 0.3 is 0 Å². The minimum absolute atomic E-state index is 0.0114. The van der Waals surface area contributed by atoms with Crippen molar-refractivity contribution >= 4 is 44.8 Å². The molecule has 1 heterocycles. The third kappa shape index (κ3) is 5.22. The van der Waals surface area contributed by atoms with E-state index in [1.54, 1.807) is 0 Å². The van der Waals surface area contributed by atoms with Crippen LogP contribution in [0.25, 0.3) is 0 Å². The van der Waals surface area contributed by atoms with E-state index in [0.29, 0.717) is 18.6 Å². The highest BCUT2D eigenvalue weighted by atomic mass is 35.5. The minimum Gasteiger partial charge on any atom is -0.390 e. The second-order valence-electron chi connectivity index (χ2n) is 6.50.